The summed E-state index contributed by atoms with van der Waals surface area (Å²) in [6.45, 7) is 1.64. The molecule has 26 heavy (non-hydrogen) atoms. The molecular formula is C15H12F3N3O4S. The standard InChI is InChI=1S/C15H12F3N3O4S/c1-9-6-12(20-24-9)7-26(22,23)8-13-19-14(21-25-13)10-2-4-11(5-3-10)15(16,17)18/h2-6H,7-8H2,1H3. The number of hydrogen-bond acceptors (Lipinski definition) is 7. The van der Waals surface area contributed by atoms with Gasteiger partial charge in [-0.1, -0.05) is 22.4 Å². The molecular weight excluding hydrogens is 375 g/mol. The van der Waals surface area contributed by atoms with E-state index in [1.54, 1.807) is 6.92 Å². The van der Waals surface area contributed by atoms with Gasteiger partial charge in [-0.15, -0.1) is 0 Å². The van der Waals surface area contributed by atoms with Crippen molar-refractivity contribution in [1.29, 1.82) is 0 Å². The Morgan fingerprint density at radius 1 is 1.04 bits per heavy atom. The minimum absolute atomic E-state index is 0.00112. The molecule has 3 rings (SSSR count). The van der Waals surface area contributed by atoms with E-state index in [9.17, 15) is 21.6 Å². The fourth-order valence-electron chi connectivity index (χ4n) is 2.19. The summed E-state index contributed by atoms with van der Waals surface area (Å²) < 4.78 is 71.7. The van der Waals surface area contributed by atoms with Crippen LogP contribution in [0.15, 0.2) is 39.4 Å². The van der Waals surface area contributed by atoms with E-state index in [4.69, 9.17) is 9.05 Å². The largest absolute Gasteiger partial charge is 0.416 e. The summed E-state index contributed by atoms with van der Waals surface area (Å²) in [4.78, 5) is 3.92. The third-order valence-corrected chi connectivity index (χ3v) is 4.75. The lowest BCUT2D eigenvalue weighted by Crippen LogP contribution is -2.08. The molecule has 1 aromatic carbocycles. The van der Waals surface area contributed by atoms with Gasteiger partial charge in [0.05, 0.1) is 17.0 Å². The van der Waals surface area contributed by atoms with Gasteiger partial charge in [0.25, 0.3) is 0 Å². The number of alkyl halides is 3. The average molecular weight is 387 g/mol. The maximum Gasteiger partial charge on any atom is 0.416 e. The van der Waals surface area contributed by atoms with E-state index in [1.807, 2.05) is 0 Å². The van der Waals surface area contributed by atoms with Crippen LogP contribution in [0.3, 0.4) is 0 Å². The lowest BCUT2D eigenvalue weighted by atomic mass is 10.1. The topological polar surface area (TPSA) is 99.1 Å². The van der Waals surface area contributed by atoms with Crippen molar-refractivity contribution in [3.05, 3.63) is 53.2 Å². The van der Waals surface area contributed by atoms with Gasteiger partial charge in [0.15, 0.2) is 9.84 Å². The Balaban J connectivity index is 1.73. The number of sulfone groups is 1. The fraction of sp³-hybridized carbons (Fsp3) is 0.267. The van der Waals surface area contributed by atoms with Crippen LogP contribution in [0.2, 0.25) is 0 Å². The molecule has 0 fully saturated rings. The molecule has 0 saturated heterocycles. The van der Waals surface area contributed by atoms with Gasteiger partial charge in [-0.2, -0.15) is 18.2 Å². The molecule has 0 aliphatic heterocycles. The molecule has 0 saturated carbocycles. The Labute approximate surface area is 145 Å². The Morgan fingerprint density at radius 3 is 2.31 bits per heavy atom. The number of benzene rings is 1. The first-order chi connectivity index (χ1) is 12.1. The predicted octanol–water partition coefficient (Wildman–Crippen LogP) is 3.17. The van der Waals surface area contributed by atoms with Gasteiger partial charge < -0.3 is 9.05 Å². The van der Waals surface area contributed by atoms with Gasteiger partial charge in [-0.05, 0) is 19.1 Å². The van der Waals surface area contributed by atoms with Crippen LogP contribution in [-0.4, -0.2) is 23.7 Å². The van der Waals surface area contributed by atoms with Gasteiger partial charge in [0.2, 0.25) is 11.7 Å². The second-order valence-corrected chi connectivity index (χ2v) is 7.61. The molecule has 0 atom stereocenters. The zero-order chi connectivity index (χ0) is 18.9. The summed E-state index contributed by atoms with van der Waals surface area (Å²) in [7, 11) is -3.64. The van der Waals surface area contributed by atoms with E-state index in [0.717, 1.165) is 12.1 Å². The lowest BCUT2D eigenvalue weighted by molar-refractivity contribution is -0.137. The number of aryl methyl sites for hydroxylation is 1. The molecule has 0 aliphatic rings. The third-order valence-electron chi connectivity index (χ3n) is 3.33. The highest BCUT2D eigenvalue weighted by atomic mass is 32.2. The minimum atomic E-state index is -4.45. The first-order valence-electron chi connectivity index (χ1n) is 7.25. The van der Waals surface area contributed by atoms with E-state index < -0.39 is 27.3 Å². The highest BCUT2D eigenvalue weighted by molar-refractivity contribution is 7.89. The van der Waals surface area contributed by atoms with E-state index >= 15 is 0 Å². The fourth-order valence-corrected chi connectivity index (χ4v) is 3.37. The summed E-state index contributed by atoms with van der Waals surface area (Å²) >= 11 is 0. The molecule has 0 amide bonds. The van der Waals surface area contributed by atoms with Crippen LogP contribution in [0.1, 0.15) is 22.9 Å². The van der Waals surface area contributed by atoms with Crippen molar-refractivity contribution >= 4 is 9.84 Å². The van der Waals surface area contributed by atoms with Crippen molar-refractivity contribution in [3.63, 3.8) is 0 Å². The van der Waals surface area contributed by atoms with Crippen LogP contribution in [0, 0.1) is 6.92 Å². The number of rotatable bonds is 5. The zero-order valence-corrected chi connectivity index (χ0v) is 14.1. The second-order valence-electron chi connectivity index (χ2n) is 5.55. The summed E-state index contributed by atoms with van der Waals surface area (Å²) in [6.07, 6.45) is -4.45. The lowest BCUT2D eigenvalue weighted by Gasteiger charge is -2.05. The average Bonchev–Trinajstić information content (AvgIpc) is 3.15. The van der Waals surface area contributed by atoms with Crippen molar-refractivity contribution in [3.8, 4) is 11.4 Å². The molecule has 0 aliphatic carbocycles. The van der Waals surface area contributed by atoms with Crippen molar-refractivity contribution in [2.24, 2.45) is 0 Å². The molecule has 3 aromatic rings. The van der Waals surface area contributed by atoms with Crippen molar-refractivity contribution in [1.82, 2.24) is 15.3 Å². The van der Waals surface area contributed by atoms with E-state index in [1.165, 1.54) is 18.2 Å². The summed E-state index contributed by atoms with van der Waals surface area (Å²) in [5, 5.41) is 7.22. The Morgan fingerprint density at radius 2 is 1.73 bits per heavy atom. The number of halogens is 3. The molecule has 0 spiro atoms. The Kier molecular flexibility index (Phi) is 4.57. The molecule has 2 heterocycles. The molecule has 11 heteroatoms. The quantitative estimate of drug-likeness (QED) is 0.663. The van der Waals surface area contributed by atoms with E-state index in [-0.39, 0.29) is 28.7 Å². The second kappa shape index (κ2) is 6.56. The van der Waals surface area contributed by atoms with E-state index in [0.29, 0.717) is 5.76 Å². The summed E-state index contributed by atoms with van der Waals surface area (Å²) in [5.74, 6) is -0.562. The number of nitrogens with zero attached hydrogens (tertiary/aromatic N) is 3. The normalized spacial score (nSPS) is 12.5. The highest BCUT2D eigenvalue weighted by Crippen LogP contribution is 2.30. The Hall–Kier alpha value is -2.69. The molecule has 0 radical (unpaired) electrons. The molecule has 0 N–H and O–H groups in total. The van der Waals surface area contributed by atoms with E-state index in [2.05, 4.69) is 15.3 Å². The molecule has 138 valence electrons. The summed E-state index contributed by atoms with van der Waals surface area (Å²) in [5.41, 5.74) is -0.280. The predicted molar refractivity (Wildman–Crippen MR) is 82.3 cm³/mol. The smallest absolute Gasteiger partial charge is 0.361 e. The van der Waals surface area contributed by atoms with Crippen molar-refractivity contribution < 1.29 is 30.6 Å². The monoisotopic (exact) mass is 387 g/mol. The maximum absolute atomic E-state index is 12.6. The van der Waals surface area contributed by atoms with Gasteiger partial charge in [0.1, 0.15) is 11.5 Å². The first kappa shape index (κ1) is 18.1. The number of hydrogen-bond donors (Lipinski definition) is 0. The van der Waals surface area contributed by atoms with Crippen molar-refractivity contribution in [2.45, 2.75) is 24.6 Å². The van der Waals surface area contributed by atoms with Gasteiger partial charge >= 0.3 is 6.18 Å². The first-order valence-corrected chi connectivity index (χ1v) is 9.07. The summed E-state index contributed by atoms with van der Waals surface area (Å²) in [6, 6.07) is 5.64. The molecule has 0 unspecified atom stereocenters. The van der Waals surface area contributed by atoms with Gasteiger partial charge in [-0.25, -0.2) is 8.42 Å². The van der Waals surface area contributed by atoms with Gasteiger partial charge in [0, 0.05) is 11.6 Å². The number of aromatic nitrogens is 3. The van der Waals surface area contributed by atoms with Crippen molar-refractivity contribution in [2.75, 3.05) is 0 Å². The van der Waals surface area contributed by atoms with Crippen LogP contribution < -0.4 is 0 Å². The van der Waals surface area contributed by atoms with Crippen LogP contribution in [0.25, 0.3) is 11.4 Å². The molecule has 2 aromatic heterocycles. The van der Waals surface area contributed by atoms with Crippen LogP contribution in [0.5, 0.6) is 0 Å². The van der Waals surface area contributed by atoms with Crippen LogP contribution in [0.4, 0.5) is 13.2 Å². The minimum Gasteiger partial charge on any atom is -0.361 e. The maximum atomic E-state index is 12.6. The highest BCUT2D eigenvalue weighted by Gasteiger charge is 2.30. The SMILES string of the molecule is Cc1cc(CS(=O)(=O)Cc2nc(-c3ccc(C(F)(F)F)cc3)no2)no1. The zero-order valence-electron chi connectivity index (χ0n) is 13.3. The van der Waals surface area contributed by atoms with Crippen LogP contribution in [-0.2, 0) is 27.5 Å². The third kappa shape index (κ3) is 4.28. The molecule has 7 nitrogen and oxygen atoms in total. The van der Waals surface area contributed by atoms with Gasteiger partial charge in [-0.3, -0.25) is 0 Å². The Bertz CT molecular complexity index is 1010. The molecule has 0 bridgehead atoms. The van der Waals surface area contributed by atoms with Crippen LogP contribution >= 0.6 is 0 Å².